The van der Waals surface area contributed by atoms with Gasteiger partial charge in [0.05, 0.1) is 12.8 Å². The van der Waals surface area contributed by atoms with E-state index in [1.54, 1.807) is 12.0 Å². The number of methoxy groups -OCH3 is 1. The third-order valence-electron chi connectivity index (χ3n) is 4.44. The quantitative estimate of drug-likeness (QED) is 0.829. The van der Waals surface area contributed by atoms with Crippen LogP contribution in [-0.2, 0) is 4.74 Å². The van der Waals surface area contributed by atoms with Crippen molar-refractivity contribution in [3.8, 4) is 5.75 Å². The van der Waals surface area contributed by atoms with Gasteiger partial charge in [-0.05, 0) is 64.7 Å². The number of hydrogen-bond donors (Lipinski definition) is 1. The minimum absolute atomic E-state index is 0.219. The predicted molar refractivity (Wildman–Crippen MR) is 102 cm³/mol. The third kappa shape index (κ3) is 5.70. The molecule has 1 aromatic rings. The molecule has 0 aliphatic carbocycles. The summed E-state index contributed by atoms with van der Waals surface area (Å²) in [6.07, 6.45) is 1.66. The van der Waals surface area contributed by atoms with Crippen LogP contribution in [0, 0.1) is 5.92 Å². The van der Waals surface area contributed by atoms with Crippen molar-refractivity contribution in [2.75, 3.05) is 25.5 Å². The van der Waals surface area contributed by atoms with Crippen LogP contribution in [0.25, 0.3) is 0 Å². The summed E-state index contributed by atoms with van der Waals surface area (Å²) in [7, 11) is 1.65. The second kappa shape index (κ2) is 8.17. The van der Waals surface area contributed by atoms with Gasteiger partial charge in [-0.3, -0.25) is 0 Å². The van der Waals surface area contributed by atoms with Gasteiger partial charge in [0.15, 0.2) is 0 Å². The lowest BCUT2D eigenvalue weighted by Gasteiger charge is -2.36. The number of ether oxygens (including phenoxy) is 2. The lowest BCUT2D eigenvalue weighted by molar-refractivity contribution is 0.0179. The zero-order valence-electron chi connectivity index (χ0n) is 15.8. The smallest absolute Gasteiger partial charge is 0.410 e. The second-order valence-electron chi connectivity index (χ2n) is 7.58. The molecule has 1 aliphatic heterocycles. The highest BCUT2D eigenvalue weighted by molar-refractivity contribution is 6.30. The third-order valence-corrected chi connectivity index (χ3v) is 4.68. The Kier molecular flexibility index (Phi) is 6.44. The van der Waals surface area contributed by atoms with E-state index in [1.807, 2.05) is 39.0 Å². The molecule has 1 aliphatic rings. The maximum atomic E-state index is 12.2. The van der Waals surface area contributed by atoms with Crippen molar-refractivity contribution >= 4 is 23.4 Å². The number of anilines is 1. The molecule has 5 nitrogen and oxygen atoms in total. The molecule has 0 spiro atoms. The normalized spacial score (nSPS) is 17.1. The van der Waals surface area contributed by atoms with Crippen LogP contribution < -0.4 is 10.1 Å². The predicted octanol–water partition coefficient (Wildman–Crippen LogP) is 4.80. The molecule has 0 radical (unpaired) electrons. The highest BCUT2D eigenvalue weighted by Gasteiger charge is 2.29. The molecule has 0 bridgehead atoms. The first-order valence-corrected chi connectivity index (χ1v) is 9.15. The van der Waals surface area contributed by atoms with Crippen molar-refractivity contribution < 1.29 is 14.3 Å². The number of amides is 1. The molecule has 2 rings (SSSR count). The van der Waals surface area contributed by atoms with Gasteiger partial charge < -0.3 is 19.7 Å². The van der Waals surface area contributed by atoms with Gasteiger partial charge >= 0.3 is 6.09 Å². The summed E-state index contributed by atoms with van der Waals surface area (Å²) < 4.78 is 10.8. The van der Waals surface area contributed by atoms with Crippen LogP contribution in [0.15, 0.2) is 18.2 Å². The fourth-order valence-electron chi connectivity index (χ4n) is 3.06. The maximum Gasteiger partial charge on any atom is 0.410 e. The Morgan fingerprint density at radius 2 is 1.96 bits per heavy atom. The van der Waals surface area contributed by atoms with Crippen molar-refractivity contribution in [1.82, 2.24) is 4.90 Å². The lowest BCUT2D eigenvalue weighted by Crippen LogP contribution is -2.44. The monoisotopic (exact) mass is 368 g/mol. The van der Waals surface area contributed by atoms with Crippen molar-refractivity contribution in [3.63, 3.8) is 0 Å². The molecule has 1 atom stereocenters. The minimum atomic E-state index is -0.452. The Labute approximate surface area is 155 Å². The molecule has 1 N–H and O–H groups in total. The van der Waals surface area contributed by atoms with Crippen LogP contribution in [0.3, 0.4) is 0 Å². The van der Waals surface area contributed by atoms with Gasteiger partial charge in [0.1, 0.15) is 11.4 Å². The van der Waals surface area contributed by atoms with Crippen LogP contribution >= 0.6 is 11.6 Å². The fourth-order valence-corrected chi connectivity index (χ4v) is 3.24. The summed E-state index contributed by atoms with van der Waals surface area (Å²) >= 11 is 6.10. The molecule has 1 aromatic carbocycles. The standard InChI is InChI=1S/C19H29ClN2O3/c1-13(21-16-12-15(20)6-7-17(16)24-5)14-8-10-22(11-9-14)18(23)25-19(2,3)4/h6-7,12-14,21H,8-11H2,1-5H3. The number of likely N-dealkylation sites (tertiary alicyclic amines) is 1. The number of benzene rings is 1. The summed E-state index contributed by atoms with van der Waals surface area (Å²) in [6, 6.07) is 5.82. The van der Waals surface area contributed by atoms with E-state index in [0.717, 1.165) is 37.4 Å². The van der Waals surface area contributed by atoms with E-state index in [4.69, 9.17) is 21.1 Å². The Morgan fingerprint density at radius 1 is 1.32 bits per heavy atom. The van der Waals surface area contributed by atoms with E-state index in [2.05, 4.69) is 12.2 Å². The van der Waals surface area contributed by atoms with E-state index in [1.165, 1.54) is 0 Å². The minimum Gasteiger partial charge on any atom is -0.495 e. The van der Waals surface area contributed by atoms with Crippen LogP contribution in [0.5, 0.6) is 5.75 Å². The molecule has 6 heteroatoms. The largest absolute Gasteiger partial charge is 0.495 e. The van der Waals surface area contributed by atoms with Gasteiger partial charge in [0.2, 0.25) is 0 Å². The molecule has 1 amide bonds. The first kappa shape index (κ1) is 19.7. The Hall–Kier alpha value is -1.62. The average molecular weight is 369 g/mol. The Morgan fingerprint density at radius 3 is 2.52 bits per heavy atom. The van der Waals surface area contributed by atoms with Crippen LogP contribution in [-0.4, -0.2) is 42.8 Å². The fraction of sp³-hybridized carbons (Fsp3) is 0.632. The maximum absolute atomic E-state index is 12.2. The molecule has 0 saturated carbocycles. The topological polar surface area (TPSA) is 50.8 Å². The zero-order valence-corrected chi connectivity index (χ0v) is 16.5. The van der Waals surface area contributed by atoms with Gasteiger partial charge in [-0.2, -0.15) is 0 Å². The van der Waals surface area contributed by atoms with Crippen molar-refractivity contribution in [1.29, 1.82) is 0 Å². The van der Waals surface area contributed by atoms with Gasteiger partial charge in [0, 0.05) is 24.2 Å². The van der Waals surface area contributed by atoms with Crippen molar-refractivity contribution in [2.24, 2.45) is 5.92 Å². The lowest BCUT2D eigenvalue weighted by atomic mass is 9.90. The number of nitrogens with one attached hydrogen (secondary N) is 1. The van der Waals surface area contributed by atoms with Crippen LogP contribution in [0.1, 0.15) is 40.5 Å². The van der Waals surface area contributed by atoms with Gasteiger partial charge in [-0.15, -0.1) is 0 Å². The van der Waals surface area contributed by atoms with Gasteiger partial charge in [0.25, 0.3) is 0 Å². The number of rotatable bonds is 4. The van der Waals surface area contributed by atoms with Gasteiger partial charge in [-0.25, -0.2) is 4.79 Å². The molecular weight excluding hydrogens is 340 g/mol. The Bertz CT molecular complexity index is 593. The molecular formula is C19H29ClN2O3. The molecule has 1 fully saturated rings. The van der Waals surface area contributed by atoms with Gasteiger partial charge in [-0.1, -0.05) is 11.6 Å². The first-order chi connectivity index (χ1) is 11.7. The first-order valence-electron chi connectivity index (χ1n) is 8.77. The number of hydrogen-bond acceptors (Lipinski definition) is 4. The summed E-state index contributed by atoms with van der Waals surface area (Å²) in [5.74, 6) is 1.25. The van der Waals surface area contributed by atoms with Crippen molar-refractivity contribution in [3.05, 3.63) is 23.2 Å². The molecule has 0 aromatic heterocycles. The SMILES string of the molecule is COc1ccc(Cl)cc1NC(C)C1CCN(C(=O)OC(C)(C)C)CC1. The molecule has 1 unspecified atom stereocenters. The number of carbonyl (C=O) groups is 1. The van der Waals surface area contributed by atoms with Crippen LogP contribution in [0.4, 0.5) is 10.5 Å². The highest BCUT2D eigenvalue weighted by atomic mass is 35.5. The molecule has 1 heterocycles. The van der Waals surface area contributed by atoms with E-state index >= 15 is 0 Å². The zero-order chi connectivity index (χ0) is 18.6. The van der Waals surface area contributed by atoms with E-state index in [-0.39, 0.29) is 12.1 Å². The van der Waals surface area contributed by atoms with E-state index in [0.29, 0.717) is 10.9 Å². The summed E-state index contributed by atoms with van der Waals surface area (Å²) in [4.78, 5) is 14.0. The number of halogens is 1. The Balaban J connectivity index is 1.90. The molecule has 1 saturated heterocycles. The summed E-state index contributed by atoms with van der Waals surface area (Å²) in [6.45, 7) is 9.27. The highest BCUT2D eigenvalue weighted by Crippen LogP contribution is 2.31. The van der Waals surface area contributed by atoms with Crippen LogP contribution in [0.2, 0.25) is 5.02 Å². The second-order valence-corrected chi connectivity index (χ2v) is 8.02. The summed E-state index contributed by atoms with van der Waals surface area (Å²) in [5, 5.41) is 4.19. The number of carbonyl (C=O) groups excluding carboxylic acids is 1. The van der Waals surface area contributed by atoms with Crippen molar-refractivity contribution in [2.45, 2.75) is 52.2 Å². The van der Waals surface area contributed by atoms with E-state index in [9.17, 15) is 4.79 Å². The molecule has 140 valence electrons. The number of piperidine rings is 1. The number of nitrogens with zero attached hydrogens (tertiary/aromatic N) is 1. The average Bonchev–Trinajstić information content (AvgIpc) is 2.53. The van der Waals surface area contributed by atoms with E-state index < -0.39 is 5.60 Å². The summed E-state index contributed by atoms with van der Waals surface area (Å²) in [5.41, 5.74) is 0.448. The molecule has 25 heavy (non-hydrogen) atoms.